The summed E-state index contributed by atoms with van der Waals surface area (Å²) in [6, 6.07) is 3.79. The first-order valence-electron chi connectivity index (χ1n) is 10.2. The van der Waals surface area contributed by atoms with Crippen LogP contribution < -0.4 is 15.1 Å². The third-order valence-corrected chi connectivity index (χ3v) is 6.54. The second-order valence-electron chi connectivity index (χ2n) is 7.72. The van der Waals surface area contributed by atoms with Gasteiger partial charge >= 0.3 is 0 Å². The van der Waals surface area contributed by atoms with Gasteiger partial charge in [-0.25, -0.2) is 24.3 Å². The molecule has 1 aliphatic heterocycles. The molecule has 0 spiro atoms. The van der Waals surface area contributed by atoms with Crippen molar-refractivity contribution < 1.29 is 9.18 Å². The van der Waals surface area contributed by atoms with Crippen LogP contribution in [0, 0.1) is 12.7 Å². The van der Waals surface area contributed by atoms with Gasteiger partial charge < -0.3 is 20.0 Å². The van der Waals surface area contributed by atoms with Crippen molar-refractivity contribution in [3.8, 4) is 10.6 Å². The average molecular weight is 457 g/mol. The van der Waals surface area contributed by atoms with Crippen LogP contribution in [0.15, 0.2) is 24.5 Å². The van der Waals surface area contributed by atoms with E-state index in [0.29, 0.717) is 23.8 Å². The zero-order chi connectivity index (χ0) is 22.8. The largest absolute Gasteiger partial charge is 0.367 e. The number of rotatable bonds is 5. The number of amides is 1. The number of hydrogen-bond acceptors (Lipinski definition) is 9. The second kappa shape index (κ2) is 9.03. The van der Waals surface area contributed by atoms with Crippen LogP contribution in [0.25, 0.3) is 10.6 Å². The molecule has 1 fully saturated rings. The van der Waals surface area contributed by atoms with Gasteiger partial charge in [-0.1, -0.05) is 11.3 Å². The summed E-state index contributed by atoms with van der Waals surface area (Å²) in [5, 5.41) is 3.83. The number of nitrogens with zero attached hydrogens (tertiary/aromatic N) is 7. The van der Waals surface area contributed by atoms with Crippen LogP contribution in [-0.2, 0) is 4.79 Å². The molecular formula is C21H25FN8OS. The van der Waals surface area contributed by atoms with E-state index in [2.05, 4.69) is 30.2 Å². The van der Waals surface area contributed by atoms with Crippen molar-refractivity contribution in [1.29, 1.82) is 0 Å². The third kappa shape index (κ3) is 4.62. The minimum absolute atomic E-state index is 0.104. The highest BCUT2D eigenvalue weighted by Crippen LogP contribution is 2.34. The molecule has 0 radical (unpaired) electrons. The fraction of sp³-hybridized carbons (Fsp3) is 0.381. The first kappa shape index (κ1) is 21.9. The molecule has 0 aromatic carbocycles. The quantitative estimate of drug-likeness (QED) is 0.627. The Kier molecular flexibility index (Phi) is 6.17. The highest BCUT2D eigenvalue weighted by molar-refractivity contribution is 7.19. The summed E-state index contributed by atoms with van der Waals surface area (Å²) in [4.78, 5) is 35.4. The Morgan fingerprint density at radius 2 is 1.88 bits per heavy atom. The van der Waals surface area contributed by atoms with E-state index >= 15 is 0 Å². The maximum absolute atomic E-state index is 14.5. The lowest BCUT2D eigenvalue weighted by atomic mass is 10.2. The summed E-state index contributed by atoms with van der Waals surface area (Å²) in [5.74, 6) is 0.424. The van der Waals surface area contributed by atoms with E-state index in [1.807, 2.05) is 43.0 Å². The second-order valence-corrected chi connectivity index (χ2v) is 8.69. The van der Waals surface area contributed by atoms with Crippen molar-refractivity contribution in [2.75, 3.05) is 55.4 Å². The van der Waals surface area contributed by atoms with E-state index in [4.69, 9.17) is 0 Å². The Morgan fingerprint density at radius 3 is 2.47 bits per heavy atom. The topological polar surface area (TPSA) is 90.4 Å². The van der Waals surface area contributed by atoms with Crippen molar-refractivity contribution in [3.63, 3.8) is 0 Å². The number of hydrogen-bond donors (Lipinski definition) is 1. The number of halogens is 1. The van der Waals surface area contributed by atoms with E-state index < -0.39 is 5.82 Å². The molecule has 1 saturated heterocycles. The monoisotopic (exact) mass is 456 g/mol. The van der Waals surface area contributed by atoms with Gasteiger partial charge in [0.05, 0.1) is 28.7 Å². The molecule has 1 amide bonds. The molecule has 168 valence electrons. The van der Waals surface area contributed by atoms with Gasteiger partial charge in [0.25, 0.3) is 0 Å². The molecule has 32 heavy (non-hydrogen) atoms. The van der Waals surface area contributed by atoms with Crippen LogP contribution in [0.1, 0.15) is 12.6 Å². The average Bonchev–Trinajstić information content (AvgIpc) is 3.17. The summed E-state index contributed by atoms with van der Waals surface area (Å²) in [6.45, 7) is 6.37. The number of aromatic nitrogens is 4. The van der Waals surface area contributed by atoms with Crippen LogP contribution in [0.4, 0.5) is 27.0 Å². The lowest BCUT2D eigenvalue weighted by molar-refractivity contribution is -0.129. The Labute approximate surface area is 189 Å². The molecule has 3 aromatic rings. The van der Waals surface area contributed by atoms with E-state index in [1.165, 1.54) is 11.3 Å². The van der Waals surface area contributed by atoms with Crippen LogP contribution in [-0.4, -0.2) is 71.0 Å². The number of piperazine rings is 1. The molecule has 11 heteroatoms. The van der Waals surface area contributed by atoms with Crippen molar-refractivity contribution >= 4 is 39.8 Å². The summed E-state index contributed by atoms with van der Waals surface area (Å²) in [6.07, 6.45) is 2.93. The van der Waals surface area contributed by atoms with Gasteiger partial charge in [-0.05, 0) is 19.1 Å². The van der Waals surface area contributed by atoms with Crippen molar-refractivity contribution in [1.82, 2.24) is 24.8 Å². The zero-order valence-electron chi connectivity index (χ0n) is 18.5. The number of carbonyl (C=O) groups excluding carboxylic acids is 1. The van der Waals surface area contributed by atoms with Crippen molar-refractivity contribution in [2.24, 2.45) is 0 Å². The number of anilines is 4. The first-order chi connectivity index (χ1) is 15.3. The van der Waals surface area contributed by atoms with E-state index in [-0.39, 0.29) is 17.5 Å². The Balaban J connectivity index is 1.48. The van der Waals surface area contributed by atoms with Gasteiger partial charge in [0, 0.05) is 47.2 Å². The highest BCUT2D eigenvalue weighted by Gasteiger charge is 2.20. The summed E-state index contributed by atoms with van der Waals surface area (Å²) >= 11 is 1.38. The third-order valence-electron chi connectivity index (χ3n) is 5.20. The Morgan fingerprint density at radius 1 is 1.12 bits per heavy atom. The number of aryl methyl sites for hydroxylation is 1. The van der Waals surface area contributed by atoms with E-state index in [9.17, 15) is 9.18 Å². The van der Waals surface area contributed by atoms with Crippen LogP contribution in [0.3, 0.4) is 0 Å². The number of nitrogens with one attached hydrogen (secondary N) is 1. The van der Waals surface area contributed by atoms with Gasteiger partial charge in [-0.3, -0.25) is 4.79 Å². The standard InChI is InChI=1S/C21H25FN8OS/c1-13-19(32-21(25-13)28(3)4)18-16(22)12-24-20(27-18)26-17-6-5-15(11-23-17)30-9-7-29(8-10-30)14(2)31/h5-6,11-12H,7-10H2,1-4H3,(H,23,24,26,27). The van der Waals surface area contributed by atoms with Crippen LogP contribution in [0.5, 0.6) is 0 Å². The Hall–Kier alpha value is -3.34. The maximum Gasteiger partial charge on any atom is 0.229 e. The fourth-order valence-corrected chi connectivity index (χ4v) is 4.40. The molecule has 1 N–H and O–H groups in total. The molecule has 0 bridgehead atoms. The molecule has 0 unspecified atom stereocenters. The summed E-state index contributed by atoms with van der Waals surface area (Å²) in [7, 11) is 3.79. The fourth-order valence-electron chi connectivity index (χ4n) is 3.42. The molecule has 0 atom stereocenters. The molecule has 4 rings (SSSR count). The highest BCUT2D eigenvalue weighted by atomic mass is 32.1. The predicted molar refractivity (Wildman–Crippen MR) is 124 cm³/mol. The molecule has 1 aliphatic rings. The molecular weight excluding hydrogens is 431 g/mol. The van der Waals surface area contributed by atoms with Gasteiger partial charge in [0.1, 0.15) is 11.5 Å². The minimum Gasteiger partial charge on any atom is -0.367 e. The van der Waals surface area contributed by atoms with Gasteiger partial charge in [0.15, 0.2) is 10.9 Å². The summed E-state index contributed by atoms with van der Waals surface area (Å²) < 4.78 is 14.5. The molecule has 0 saturated carbocycles. The smallest absolute Gasteiger partial charge is 0.229 e. The lowest BCUT2D eigenvalue weighted by Gasteiger charge is -2.35. The van der Waals surface area contributed by atoms with E-state index in [0.717, 1.165) is 35.8 Å². The predicted octanol–water partition coefficient (Wildman–Crippen LogP) is 2.92. The molecule has 0 aliphatic carbocycles. The van der Waals surface area contributed by atoms with E-state index in [1.54, 1.807) is 13.1 Å². The van der Waals surface area contributed by atoms with Gasteiger partial charge in [-0.2, -0.15) is 0 Å². The van der Waals surface area contributed by atoms with Gasteiger partial charge in [-0.15, -0.1) is 0 Å². The molecule has 3 aromatic heterocycles. The minimum atomic E-state index is -0.499. The SMILES string of the molecule is CC(=O)N1CCN(c2ccc(Nc3ncc(F)c(-c4sc(N(C)C)nc4C)n3)nc2)CC1. The van der Waals surface area contributed by atoms with Crippen molar-refractivity contribution in [2.45, 2.75) is 13.8 Å². The maximum atomic E-state index is 14.5. The van der Waals surface area contributed by atoms with Crippen molar-refractivity contribution in [3.05, 3.63) is 36.0 Å². The number of carbonyl (C=O) groups is 1. The lowest BCUT2D eigenvalue weighted by Crippen LogP contribution is -2.48. The first-order valence-corrected chi connectivity index (χ1v) is 11.0. The molecule has 9 nitrogen and oxygen atoms in total. The normalized spacial score (nSPS) is 13.9. The van der Waals surface area contributed by atoms with Crippen LogP contribution >= 0.6 is 11.3 Å². The van der Waals surface area contributed by atoms with Crippen LogP contribution in [0.2, 0.25) is 0 Å². The number of thiazole rings is 1. The summed E-state index contributed by atoms with van der Waals surface area (Å²) in [5.41, 5.74) is 1.91. The molecule has 4 heterocycles. The number of pyridine rings is 1. The zero-order valence-corrected chi connectivity index (χ0v) is 19.3. The Bertz CT molecular complexity index is 1110. The van der Waals surface area contributed by atoms with Gasteiger partial charge in [0.2, 0.25) is 11.9 Å².